The molecule has 13 nitrogen and oxygen atoms in total. The van der Waals surface area contributed by atoms with E-state index in [1.165, 1.54) is 5.06 Å². The lowest BCUT2D eigenvalue weighted by molar-refractivity contribution is -0.144. The summed E-state index contributed by atoms with van der Waals surface area (Å²) in [6, 6.07) is 13.0. The molecule has 1 fully saturated rings. The molecule has 2 aromatic rings. The van der Waals surface area contributed by atoms with Crippen LogP contribution in [0.25, 0.3) is 0 Å². The summed E-state index contributed by atoms with van der Waals surface area (Å²) < 4.78 is 11.0. The van der Waals surface area contributed by atoms with Crippen LogP contribution in [-0.4, -0.2) is 83.5 Å². The number of ether oxygens (including phenoxy) is 2. The van der Waals surface area contributed by atoms with Crippen molar-refractivity contribution in [3.63, 3.8) is 0 Å². The van der Waals surface area contributed by atoms with Crippen molar-refractivity contribution < 1.29 is 38.6 Å². The van der Waals surface area contributed by atoms with Gasteiger partial charge in [0.2, 0.25) is 11.8 Å². The molecule has 3 atom stereocenters. The first-order valence-electron chi connectivity index (χ1n) is 13.2. The molecule has 222 valence electrons. The topological polar surface area (TPSA) is 168 Å². The highest BCUT2D eigenvalue weighted by atomic mass is 16.8. The van der Waals surface area contributed by atoms with Gasteiger partial charge in [0.25, 0.3) is 0 Å². The van der Waals surface area contributed by atoms with Gasteiger partial charge in [0.05, 0.1) is 18.7 Å². The van der Waals surface area contributed by atoms with Gasteiger partial charge in [-0.1, -0.05) is 57.2 Å². The molecule has 2 heterocycles. The minimum absolute atomic E-state index is 0.0536. The predicted octanol–water partition coefficient (Wildman–Crippen LogP) is 1.95. The van der Waals surface area contributed by atoms with E-state index in [2.05, 4.69) is 20.9 Å². The van der Waals surface area contributed by atoms with Gasteiger partial charge in [-0.25, -0.2) is 14.6 Å². The smallest absolute Gasteiger partial charge is 0.480 e. The zero-order chi connectivity index (χ0) is 29.8. The first kappa shape index (κ1) is 31.3. The molecule has 4 N–H and O–H groups in total. The third-order valence-electron chi connectivity index (χ3n) is 6.14. The fraction of sp³-hybridized carbons (Fsp3) is 0.464. The van der Waals surface area contributed by atoms with E-state index < -0.39 is 41.5 Å². The van der Waals surface area contributed by atoms with Crippen molar-refractivity contribution in [1.29, 1.82) is 0 Å². The number of carbonyl (C=O) groups excluding carboxylic acids is 3. The van der Waals surface area contributed by atoms with E-state index in [1.54, 1.807) is 39.1 Å². The lowest BCUT2D eigenvalue weighted by Crippen LogP contribution is -2.51. The number of hydrogen-bond acceptors (Lipinski definition) is 10. The number of carboxylic acid groups (broad SMARTS) is 1. The van der Waals surface area contributed by atoms with Crippen LogP contribution < -0.4 is 16.0 Å². The van der Waals surface area contributed by atoms with E-state index in [4.69, 9.17) is 14.3 Å². The third-order valence-corrected chi connectivity index (χ3v) is 6.14. The molecular weight excluding hydrogens is 534 g/mol. The van der Waals surface area contributed by atoms with Crippen LogP contribution in [0.2, 0.25) is 0 Å². The maximum atomic E-state index is 12.4. The first-order chi connectivity index (χ1) is 19.5. The molecular formula is C28H37N5O8. The lowest BCUT2D eigenvalue weighted by Gasteiger charge is -2.22. The minimum atomic E-state index is -1.29. The molecule has 1 aromatic carbocycles. The molecule has 0 saturated carbocycles. The van der Waals surface area contributed by atoms with Gasteiger partial charge in [0.1, 0.15) is 25.1 Å². The molecule has 0 bridgehead atoms. The first-order valence-corrected chi connectivity index (χ1v) is 13.2. The molecule has 1 aromatic heterocycles. The zero-order valence-corrected chi connectivity index (χ0v) is 23.4. The second-order valence-corrected chi connectivity index (χ2v) is 10.6. The van der Waals surface area contributed by atoms with E-state index in [9.17, 15) is 24.3 Å². The summed E-state index contributed by atoms with van der Waals surface area (Å²) in [6.07, 6.45) is 0.750. The number of benzene rings is 1. The average Bonchev–Trinajstić information content (AvgIpc) is 3.33. The number of hydroxylamine groups is 2. The number of aromatic nitrogens is 1. The summed E-state index contributed by atoms with van der Waals surface area (Å²) in [4.78, 5) is 58.2. The Morgan fingerprint density at radius 2 is 1.83 bits per heavy atom. The normalized spacial score (nSPS) is 17.7. The van der Waals surface area contributed by atoms with Gasteiger partial charge in [-0.05, 0) is 24.1 Å². The Bertz CT molecular complexity index is 1160. The van der Waals surface area contributed by atoms with Crippen molar-refractivity contribution in [3.05, 3.63) is 60.3 Å². The Labute approximate surface area is 238 Å². The van der Waals surface area contributed by atoms with Gasteiger partial charge in [-0.15, -0.1) is 5.06 Å². The molecule has 2 amide bonds. The van der Waals surface area contributed by atoms with E-state index >= 15 is 0 Å². The van der Waals surface area contributed by atoms with Gasteiger partial charge in [0, 0.05) is 24.7 Å². The van der Waals surface area contributed by atoms with Crippen LogP contribution >= 0.6 is 0 Å². The molecule has 1 aliphatic rings. The highest BCUT2D eigenvalue weighted by molar-refractivity contribution is 5.87. The Morgan fingerprint density at radius 1 is 1.10 bits per heavy atom. The van der Waals surface area contributed by atoms with Crippen LogP contribution in [0, 0.1) is 5.41 Å². The van der Waals surface area contributed by atoms with Crippen molar-refractivity contribution in [2.45, 2.75) is 52.0 Å². The monoisotopic (exact) mass is 571 g/mol. The standard InChI is InChI=1S/C28H37N5O8/c1-28(2,3)26(37)32-22(25(35)36)15-31-24(34)18-39-21-13-20(14-30-23-11-7-8-12-29-23)33(16-21)41-27(38)40-17-19-9-5-4-6-10-19/h4-12,20-22H,13-18H2,1-3H3,(H,29,30)(H,31,34)(H,32,37)(H,35,36). The maximum Gasteiger partial charge on any atom is 0.528 e. The number of amides is 2. The molecule has 41 heavy (non-hydrogen) atoms. The van der Waals surface area contributed by atoms with E-state index in [-0.39, 0.29) is 32.3 Å². The number of carbonyl (C=O) groups is 4. The van der Waals surface area contributed by atoms with Crippen LogP contribution in [0.15, 0.2) is 54.7 Å². The maximum absolute atomic E-state index is 12.4. The summed E-state index contributed by atoms with van der Waals surface area (Å²) in [5.41, 5.74) is 0.0299. The number of hydrogen-bond donors (Lipinski definition) is 4. The van der Waals surface area contributed by atoms with Crippen LogP contribution in [0.1, 0.15) is 32.8 Å². The van der Waals surface area contributed by atoms with Crippen molar-refractivity contribution in [1.82, 2.24) is 20.7 Å². The van der Waals surface area contributed by atoms with Gasteiger partial charge in [-0.3, -0.25) is 9.59 Å². The van der Waals surface area contributed by atoms with Gasteiger partial charge in [0.15, 0.2) is 0 Å². The van der Waals surface area contributed by atoms with Gasteiger partial charge < -0.3 is 35.4 Å². The number of anilines is 1. The van der Waals surface area contributed by atoms with Crippen LogP contribution in [0.4, 0.5) is 10.6 Å². The molecule has 1 aliphatic heterocycles. The predicted molar refractivity (Wildman–Crippen MR) is 147 cm³/mol. The van der Waals surface area contributed by atoms with Crippen molar-refractivity contribution >= 4 is 29.8 Å². The van der Waals surface area contributed by atoms with Gasteiger partial charge >= 0.3 is 12.1 Å². The van der Waals surface area contributed by atoms with Crippen LogP contribution in [0.3, 0.4) is 0 Å². The molecule has 0 radical (unpaired) electrons. The molecule has 1 saturated heterocycles. The Hall–Kier alpha value is -4.23. The van der Waals surface area contributed by atoms with Crippen LogP contribution in [-0.2, 0) is 35.3 Å². The van der Waals surface area contributed by atoms with Crippen molar-refractivity contribution in [2.24, 2.45) is 5.41 Å². The average molecular weight is 572 g/mol. The lowest BCUT2D eigenvalue weighted by atomic mass is 9.95. The molecule has 3 rings (SSSR count). The largest absolute Gasteiger partial charge is 0.528 e. The highest BCUT2D eigenvalue weighted by Crippen LogP contribution is 2.22. The van der Waals surface area contributed by atoms with E-state index in [0.29, 0.717) is 18.8 Å². The SMILES string of the molecule is CC(C)(C)C(=O)NC(CNC(=O)COC1CC(CNc2ccccn2)N(OC(=O)OCc2ccccc2)C1)C(=O)O. The van der Waals surface area contributed by atoms with Crippen molar-refractivity contribution in [2.75, 3.05) is 31.6 Å². The van der Waals surface area contributed by atoms with Crippen molar-refractivity contribution in [3.8, 4) is 0 Å². The fourth-order valence-corrected chi connectivity index (χ4v) is 3.83. The number of aliphatic carboxylic acids is 1. The Balaban J connectivity index is 1.51. The molecule has 0 aliphatic carbocycles. The molecule has 3 unspecified atom stereocenters. The second-order valence-electron chi connectivity index (χ2n) is 10.6. The molecule has 13 heteroatoms. The highest BCUT2D eigenvalue weighted by Gasteiger charge is 2.36. The Morgan fingerprint density at radius 3 is 2.49 bits per heavy atom. The summed E-state index contributed by atoms with van der Waals surface area (Å²) in [6.45, 7) is 4.93. The fourth-order valence-electron chi connectivity index (χ4n) is 3.83. The minimum Gasteiger partial charge on any atom is -0.480 e. The number of nitrogens with zero attached hydrogens (tertiary/aromatic N) is 2. The summed E-state index contributed by atoms with van der Waals surface area (Å²) >= 11 is 0. The second kappa shape index (κ2) is 15.0. The van der Waals surface area contributed by atoms with Crippen LogP contribution in [0.5, 0.6) is 0 Å². The Kier molecular flexibility index (Phi) is 11.4. The summed E-state index contributed by atoms with van der Waals surface area (Å²) in [5.74, 6) is -1.62. The molecule has 0 spiro atoms. The number of carboxylic acids is 1. The number of rotatable bonds is 13. The summed E-state index contributed by atoms with van der Waals surface area (Å²) in [7, 11) is 0. The summed E-state index contributed by atoms with van der Waals surface area (Å²) in [5, 5.41) is 18.9. The van der Waals surface area contributed by atoms with Gasteiger partial charge in [-0.2, -0.15) is 0 Å². The number of pyridine rings is 1. The number of nitrogens with one attached hydrogen (secondary N) is 3. The van der Waals surface area contributed by atoms with E-state index in [0.717, 1.165) is 5.56 Å². The third kappa shape index (κ3) is 10.7. The quantitative estimate of drug-likeness (QED) is 0.259. The van der Waals surface area contributed by atoms with E-state index in [1.807, 2.05) is 36.4 Å². The zero-order valence-electron chi connectivity index (χ0n) is 23.4.